The Morgan fingerprint density at radius 3 is 1.02 bits per heavy atom. The van der Waals surface area contributed by atoms with Crippen molar-refractivity contribution in [2.45, 2.75) is 6.92 Å². The van der Waals surface area contributed by atoms with Crippen LogP contribution in [-0.4, -0.2) is 4.98 Å². The Morgan fingerprint density at radius 2 is 0.647 bits per heavy atom. The van der Waals surface area contributed by atoms with E-state index in [1.165, 1.54) is 0 Å². The zero-order valence-electron chi connectivity index (χ0n) is 28.5. The number of rotatable bonds is 9. The van der Waals surface area contributed by atoms with Gasteiger partial charge in [0.05, 0.1) is 28.5 Å². The monoisotopic (exact) mass is 655 g/mol. The molecule has 0 aliphatic carbocycles. The van der Waals surface area contributed by atoms with Crippen LogP contribution in [0.5, 0.6) is 0 Å². The van der Waals surface area contributed by atoms with Crippen molar-refractivity contribution in [2.75, 3.05) is 9.80 Å². The van der Waals surface area contributed by atoms with Crippen molar-refractivity contribution in [1.82, 2.24) is 4.98 Å². The molecule has 8 rings (SSSR count). The Kier molecular flexibility index (Phi) is 8.92. The van der Waals surface area contributed by atoms with Gasteiger partial charge in [0.15, 0.2) is 0 Å². The fraction of sp³-hybridized carbons (Fsp3) is 0.0208. The van der Waals surface area contributed by atoms with Crippen LogP contribution in [0.3, 0.4) is 0 Å². The molecule has 0 radical (unpaired) electrons. The first-order chi connectivity index (χ1) is 25.2. The van der Waals surface area contributed by atoms with Gasteiger partial charge in [0.2, 0.25) is 0 Å². The van der Waals surface area contributed by atoms with Gasteiger partial charge in [-0.1, -0.05) is 146 Å². The molecule has 1 aromatic heterocycles. The SMILES string of the molecule is Cc1cc(N(c2ccccc2)c2ccccc2)c(-c2ccccc2)c(N(c2ccccc2)c2cc(-c3ccccc3)nc(-c3ccccc3)c2)c1. The Hall–Kier alpha value is -6.71. The molecule has 0 bridgehead atoms. The summed E-state index contributed by atoms with van der Waals surface area (Å²) in [7, 11) is 0. The predicted molar refractivity (Wildman–Crippen MR) is 215 cm³/mol. The summed E-state index contributed by atoms with van der Waals surface area (Å²) in [5, 5.41) is 0. The second-order valence-electron chi connectivity index (χ2n) is 12.5. The van der Waals surface area contributed by atoms with Gasteiger partial charge < -0.3 is 9.80 Å². The normalized spacial score (nSPS) is 10.8. The summed E-state index contributed by atoms with van der Waals surface area (Å²) in [6.45, 7) is 2.19. The second-order valence-corrected chi connectivity index (χ2v) is 12.5. The maximum Gasteiger partial charge on any atom is 0.0730 e. The van der Waals surface area contributed by atoms with Crippen LogP contribution in [0.2, 0.25) is 0 Å². The summed E-state index contributed by atoms with van der Waals surface area (Å²) in [5.41, 5.74) is 13.8. The summed E-state index contributed by atoms with van der Waals surface area (Å²) in [4.78, 5) is 10.0. The number of benzene rings is 7. The zero-order valence-corrected chi connectivity index (χ0v) is 28.5. The lowest BCUT2D eigenvalue weighted by molar-refractivity contribution is 1.22. The summed E-state index contributed by atoms with van der Waals surface area (Å²) in [6, 6.07) is 72.7. The van der Waals surface area contributed by atoms with E-state index in [1.807, 2.05) is 12.1 Å². The van der Waals surface area contributed by atoms with Gasteiger partial charge in [-0.15, -0.1) is 0 Å². The molecule has 3 heteroatoms. The number of nitrogens with zero attached hydrogens (tertiary/aromatic N) is 3. The topological polar surface area (TPSA) is 19.4 Å². The van der Waals surface area contributed by atoms with Crippen molar-refractivity contribution < 1.29 is 0 Å². The molecule has 0 fully saturated rings. The van der Waals surface area contributed by atoms with Crippen LogP contribution >= 0.6 is 0 Å². The molecule has 0 saturated carbocycles. The highest BCUT2D eigenvalue weighted by atomic mass is 15.2. The third kappa shape index (κ3) is 6.66. The third-order valence-corrected chi connectivity index (χ3v) is 9.04. The van der Waals surface area contributed by atoms with Crippen LogP contribution in [0.15, 0.2) is 206 Å². The first-order valence-electron chi connectivity index (χ1n) is 17.3. The molecule has 0 unspecified atom stereocenters. The van der Waals surface area contributed by atoms with E-state index in [0.717, 1.165) is 73.3 Å². The maximum atomic E-state index is 5.23. The van der Waals surface area contributed by atoms with Crippen LogP contribution in [0, 0.1) is 6.92 Å². The lowest BCUT2D eigenvalue weighted by Gasteiger charge is -2.34. The molecule has 244 valence electrons. The van der Waals surface area contributed by atoms with Gasteiger partial charge in [0.1, 0.15) is 0 Å². The standard InChI is InChI=1S/C48H37N3/c1-36-32-46(50(40-26-14-5-15-27-40)41-28-16-6-17-29-41)48(39-24-12-4-13-25-39)47(33-36)51(42-30-18-7-19-31-42)43-34-44(37-20-8-2-9-21-37)49-45(35-43)38-22-10-3-11-23-38/h2-35H,1H3. The number of para-hydroxylation sites is 3. The van der Waals surface area contributed by atoms with Crippen molar-refractivity contribution >= 4 is 34.1 Å². The van der Waals surface area contributed by atoms with E-state index in [4.69, 9.17) is 4.98 Å². The third-order valence-electron chi connectivity index (χ3n) is 9.04. The first-order valence-corrected chi connectivity index (χ1v) is 17.3. The zero-order chi connectivity index (χ0) is 34.4. The molecular weight excluding hydrogens is 619 g/mol. The Labute approximate surface area is 300 Å². The number of anilines is 6. The average molecular weight is 656 g/mol. The van der Waals surface area contributed by atoms with Crippen molar-refractivity contribution in [1.29, 1.82) is 0 Å². The van der Waals surface area contributed by atoms with E-state index in [0.29, 0.717) is 0 Å². The molecule has 0 N–H and O–H groups in total. The average Bonchev–Trinajstić information content (AvgIpc) is 3.20. The molecule has 8 aromatic rings. The highest BCUT2D eigenvalue weighted by Gasteiger charge is 2.25. The fourth-order valence-electron chi connectivity index (χ4n) is 6.75. The number of hydrogen-bond donors (Lipinski definition) is 0. The second kappa shape index (κ2) is 14.4. The molecule has 0 spiro atoms. The molecular formula is C48H37N3. The van der Waals surface area contributed by atoms with Crippen molar-refractivity contribution in [2.24, 2.45) is 0 Å². The molecule has 51 heavy (non-hydrogen) atoms. The van der Waals surface area contributed by atoms with E-state index in [9.17, 15) is 0 Å². The highest BCUT2D eigenvalue weighted by Crippen LogP contribution is 2.50. The van der Waals surface area contributed by atoms with Crippen molar-refractivity contribution in [3.05, 3.63) is 212 Å². The summed E-state index contributed by atoms with van der Waals surface area (Å²) in [5.74, 6) is 0. The van der Waals surface area contributed by atoms with Crippen LogP contribution in [0.25, 0.3) is 33.6 Å². The van der Waals surface area contributed by atoms with Gasteiger partial charge in [-0.2, -0.15) is 0 Å². The molecule has 3 nitrogen and oxygen atoms in total. The predicted octanol–water partition coefficient (Wildman–Crippen LogP) is 13.3. The summed E-state index contributed by atoms with van der Waals surface area (Å²) >= 11 is 0. The fourth-order valence-corrected chi connectivity index (χ4v) is 6.75. The minimum atomic E-state index is 0.914. The largest absolute Gasteiger partial charge is 0.310 e. The smallest absolute Gasteiger partial charge is 0.0730 e. The number of aromatic nitrogens is 1. The molecule has 0 saturated heterocycles. The molecule has 0 amide bonds. The van der Waals surface area contributed by atoms with Gasteiger partial charge in [-0.25, -0.2) is 4.98 Å². The maximum absolute atomic E-state index is 5.23. The van der Waals surface area contributed by atoms with Crippen LogP contribution in [-0.2, 0) is 0 Å². The van der Waals surface area contributed by atoms with Crippen molar-refractivity contribution in [3.8, 4) is 33.6 Å². The molecule has 0 atom stereocenters. The van der Waals surface area contributed by atoms with Gasteiger partial charge in [-0.05, 0) is 78.7 Å². The summed E-state index contributed by atoms with van der Waals surface area (Å²) < 4.78 is 0. The molecule has 0 aliphatic heterocycles. The minimum absolute atomic E-state index is 0.914. The van der Waals surface area contributed by atoms with E-state index in [1.54, 1.807) is 0 Å². The van der Waals surface area contributed by atoms with Gasteiger partial charge in [0.25, 0.3) is 0 Å². The van der Waals surface area contributed by atoms with Crippen LogP contribution < -0.4 is 9.80 Å². The lowest BCUT2D eigenvalue weighted by Crippen LogP contribution is -2.16. The van der Waals surface area contributed by atoms with E-state index < -0.39 is 0 Å². The Balaban J connectivity index is 1.46. The molecule has 7 aromatic carbocycles. The molecule has 0 aliphatic rings. The highest BCUT2D eigenvalue weighted by molar-refractivity contribution is 5.99. The van der Waals surface area contributed by atoms with Crippen molar-refractivity contribution in [3.63, 3.8) is 0 Å². The van der Waals surface area contributed by atoms with Gasteiger partial charge in [0, 0.05) is 33.8 Å². The number of pyridine rings is 1. The van der Waals surface area contributed by atoms with Crippen LogP contribution in [0.4, 0.5) is 34.1 Å². The van der Waals surface area contributed by atoms with Gasteiger partial charge >= 0.3 is 0 Å². The first kappa shape index (κ1) is 31.6. The van der Waals surface area contributed by atoms with E-state index in [-0.39, 0.29) is 0 Å². The van der Waals surface area contributed by atoms with E-state index >= 15 is 0 Å². The summed E-state index contributed by atoms with van der Waals surface area (Å²) in [6.07, 6.45) is 0. The lowest BCUT2D eigenvalue weighted by atomic mass is 9.95. The number of aryl methyl sites for hydroxylation is 1. The Bertz CT molecular complexity index is 2250. The Morgan fingerprint density at radius 1 is 0.333 bits per heavy atom. The van der Waals surface area contributed by atoms with Crippen LogP contribution in [0.1, 0.15) is 5.56 Å². The van der Waals surface area contributed by atoms with Gasteiger partial charge in [-0.3, -0.25) is 0 Å². The molecule has 1 heterocycles. The number of hydrogen-bond acceptors (Lipinski definition) is 3. The minimum Gasteiger partial charge on any atom is -0.310 e. The van der Waals surface area contributed by atoms with E-state index in [2.05, 4.69) is 211 Å². The quantitative estimate of drug-likeness (QED) is 0.154.